The van der Waals surface area contributed by atoms with Crippen molar-refractivity contribution < 1.29 is 4.74 Å². The van der Waals surface area contributed by atoms with Gasteiger partial charge in [-0.15, -0.1) is 0 Å². The van der Waals surface area contributed by atoms with Crippen molar-refractivity contribution in [3.8, 4) is 0 Å². The number of nitrogens with two attached hydrogens (primary N) is 2. The van der Waals surface area contributed by atoms with E-state index in [2.05, 4.69) is 12.2 Å². The van der Waals surface area contributed by atoms with Crippen LogP contribution in [0.2, 0.25) is 0 Å². The second kappa shape index (κ2) is 2.59. The van der Waals surface area contributed by atoms with Crippen LogP contribution in [0, 0.1) is 11.8 Å². The fourth-order valence-corrected chi connectivity index (χ4v) is 2.08. The third-order valence-electron chi connectivity index (χ3n) is 2.74. The molecule has 3 heteroatoms. The van der Waals surface area contributed by atoms with Crippen molar-refractivity contribution in [1.82, 2.24) is 0 Å². The Kier molecular flexibility index (Phi) is 1.71. The van der Waals surface area contributed by atoms with Gasteiger partial charge in [-0.1, -0.05) is 12.2 Å². The van der Waals surface area contributed by atoms with Crippen LogP contribution in [0.4, 0.5) is 0 Å². The number of hydrogen-bond acceptors (Lipinski definition) is 3. The largest absolute Gasteiger partial charge is 0.366 e. The van der Waals surface area contributed by atoms with Gasteiger partial charge in [0.1, 0.15) is 0 Å². The summed E-state index contributed by atoms with van der Waals surface area (Å²) in [6.07, 6.45) is 4.71. The minimum Gasteiger partial charge on any atom is -0.366 e. The smallest absolute Gasteiger partial charge is 0.0809 e. The van der Waals surface area contributed by atoms with Crippen molar-refractivity contribution in [2.45, 2.75) is 12.2 Å². The van der Waals surface area contributed by atoms with Gasteiger partial charge in [-0.25, -0.2) is 0 Å². The highest BCUT2D eigenvalue weighted by molar-refractivity contribution is 5.14. The van der Waals surface area contributed by atoms with E-state index in [9.17, 15) is 0 Å². The lowest BCUT2D eigenvalue weighted by molar-refractivity contribution is 0.104. The third-order valence-corrected chi connectivity index (χ3v) is 2.74. The molecule has 0 aliphatic carbocycles. The zero-order valence-corrected chi connectivity index (χ0v) is 6.44. The molecule has 1 fully saturated rings. The lowest BCUT2D eigenvalue weighted by atomic mass is 9.83. The van der Waals surface area contributed by atoms with Crippen LogP contribution in [0.1, 0.15) is 0 Å². The fourth-order valence-electron chi connectivity index (χ4n) is 2.08. The first-order valence-electron chi connectivity index (χ1n) is 4.10. The maximum Gasteiger partial charge on any atom is 0.0809 e. The molecule has 0 radical (unpaired) electrons. The minimum absolute atomic E-state index is 0.249. The molecule has 2 aliphatic rings. The molecule has 11 heavy (non-hydrogen) atoms. The lowest BCUT2D eigenvalue weighted by Crippen LogP contribution is -2.35. The molecule has 4 N–H and O–H groups in total. The predicted molar refractivity (Wildman–Crippen MR) is 42.9 cm³/mol. The lowest BCUT2D eigenvalue weighted by Gasteiger charge is -2.21. The summed E-state index contributed by atoms with van der Waals surface area (Å²) in [6.45, 7) is 1.38. The van der Waals surface area contributed by atoms with Gasteiger partial charge in [0, 0.05) is 11.8 Å². The summed E-state index contributed by atoms with van der Waals surface area (Å²) < 4.78 is 5.61. The number of fused-ring (bicyclic) bond motifs is 2. The average molecular weight is 154 g/mol. The van der Waals surface area contributed by atoms with E-state index >= 15 is 0 Å². The second-order valence-corrected chi connectivity index (χ2v) is 3.25. The molecule has 1 saturated heterocycles. The molecule has 4 atom stereocenters. The summed E-state index contributed by atoms with van der Waals surface area (Å²) in [4.78, 5) is 0. The number of hydrogen-bond donors (Lipinski definition) is 2. The zero-order valence-electron chi connectivity index (χ0n) is 6.44. The van der Waals surface area contributed by atoms with Crippen LogP contribution in [0.25, 0.3) is 0 Å². The van der Waals surface area contributed by atoms with Crippen molar-refractivity contribution >= 4 is 0 Å². The SMILES string of the molecule is NC[C@H]1[C@H](CN)[C@H]2C=C[C@H]1O2. The Morgan fingerprint density at radius 1 is 1.00 bits per heavy atom. The molecule has 2 heterocycles. The first-order chi connectivity index (χ1) is 5.36. The van der Waals surface area contributed by atoms with E-state index in [-0.39, 0.29) is 12.2 Å². The van der Waals surface area contributed by atoms with Crippen LogP contribution in [-0.2, 0) is 4.74 Å². The first-order valence-corrected chi connectivity index (χ1v) is 4.10. The Labute approximate surface area is 66.4 Å². The van der Waals surface area contributed by atoms with Crippen LogP contribution >= 0.6 is 0 Å². The molecular formula is C8H14N2O. The van der Waals surface area contributed by atoms with Gasteiger partial charge in [0.15, 0.2) is 0 Å². The number of rotatable bonds is 2. The first kappa shape index (κ1) is 7.28. The van der Waals surface area contributed by atoms with Gasteiger partial charge in [0.05, 0.1) is 12.2 Å². The van der Waals surface area contributed by atoms with E-state index in [0.717, 1.165) is 0 Å². The zero-order chi connectivity index (χ0) is 7.84. The molecule has 0 spiro atoms. The van der Waals surface area contributed by atoms with Gasteiger partial charge < -0.3 is 16.2 Å². The van der Waals surface area contributed by atoms with Crippen LogP contribution in [0.15, 0.2) is 12.2 Å². The van der Waals surface area contributed by atoms with Gasteiger partial charge in [0.2, 0.25) is 0 Å². The van der Waals surface area contributed by atoms with Gasteiger partial charge in [-0.2, -0.15) is 0 Å². The highest BCUT2D eigenvalue weighted by atomic mass is 16.5. The monoisotopic (exact) mass is 154 g/mol. The van der Waals surface area contributed by atoms with E-state index in [1.54, 1.807) is 0 Å². The van der Waals surface area contributed by atoms with Crippen molar-refractivity contribution in [3.63, 3.8) is 0 Å². The van der Waals surface area contributed by atoms with Gasteiger partial charge in [0.25, 0.3) is 0 Å². The third kappa shape index (κ3) is 0.922. The summed E-state index contributed by atoms with van der Waals surface area (Å²) >= 11 is 0. The van der Waals surface area contributed by atoms with Gasteiger partial charge >= 0.3 is 0 Å². The second-order valence-electron chi connectivity index (χ2n) is 3.25. The molecule has 2 rings (SSSR count). The molecule has 3 nitrogen and oxygen atoms in total. The highest BCUT2D eigenvalue weighted by Crippen LogP contribution is 2.37. The summed E-state index contributed by atoms with van der Waals surface area (Å²) in [5.41, 5.74) is 11.2. The topological polar surface area (TPSA) is 61.3 Å². The Morgan fingerprint density at radius 2 is 1.45 bits per heavy atom. The Hall–Kier alpha value is -0.380. The number of ether oxygens (including phenoxy) is 1. The molecule has 2 bridgehead atoms. The standard InChI is InChI=1S/C8H14N2O/c9-3-5-6(4-10)8-2-1-7(5)11-8/h1-2,5-8H,3-4,9-10H2/t5-,6-,7+,8+/m0/s1. The molecule has 0 saturated carbocycles. The van der Waals surface area contributed by atoms with Gasteiger partial charge in [-0.05, 0) is 13.1 Å². The van der Waals surface area contributed by atoms with Crippen molar-refractivity contribution in [2.75, 3.05) is 13.1 Å². The maximum absolute atomic E-state index is 5.62. The van der Waals surface area contributed by atoms with Crippen LogP contribution in [0.3, 0.4) is 0 Å². The highest BCUT2D eigenvalue weighted by Gasteiger charge is 2.43. The van der Waals surface area contributed by atoms with Crippen LogP contribution < -0.4 is 11.5 Å². The fraction of sp³-hybridized carbons (Fsp3) is 0.750. The molecule has 0 aromatic carbocycles. The van der Waals surface area contributed by atoms with E-state index in [4.69, 9.17) is 16.2 Å². The molecule has 0 aromatic heterocycles. The van der Waals surface area contributed by atoms with Crippen molar-refractivity contribution in [2.24, 2.45) is 23.3 Å². The Morgan fingerprint density at radius 3 is 1.82 bits per heavy atom. The Balaban J connectivity index is 2.15. The molecule has 0 aromatic rings. The van der Waals surface area contributed by atoms with E-state index in [1.807, 2.05) is 0 Å². The molecule has 0 amide bonds. The quantitative estimate of drug-likeness (QED) is 0.526. The van der Waals surface area contributed by atoms with E-state index < -0.39 is 0 Å². The van der Waals surface area contributed by atoms with Crippen LogP contribution in [-0.4, -0.2) is 25.3 Å². The molecule has 0 unspecified atom stereocenters. The van der Waals surface area contributed by atoms with E-state index in [1.165, 1.54) is 0 Å². The van der Waals surface area contributed by atoms with Crippen LogP contribution in [0.5, 0.6) is 0 Å². The average Bonchev–Trinajstić information content (AvgIpc) is 2.60. The van der Waals surface area contributed by atoms with E-state index in [0.29, 0.717) is 24.9 Å². The molecule has 2 aliphatic heterocycles. The van der Waals surface area contributed by atoms with Crippen molar-refractivity contribution in [3.05, 3.63) is 12.2 Å². The Bertz CT molecular complexity index is 163. The predicted octanol–water partition coefficient (Wildman–Crippen LogP) is -0.527. The maximum atomic E-state index is 5.62. The summed E-state index contributed by atoms with van der Waals surface area (Å²) in [6, 6.07) is 0. The summed E-state index contributed by atoms with van der Waals surface area (Å²) in [5, 5.41) is 0. The van der Waals surface area contributed by atoms with Crippen molar-refractivity contribution in [1.29, 1.82) is 0 Å². The minimum atomic E-state index is 0.249. The summed E-state index contributed by atoms with van der Waals surface area (Å²) in [5.74, 6) is 0.907. The molecular weight excluding hydrogens is 140 g/mol. The summed E-state index contributed by atoms with van der Waals surface area (Å²) in [7, 11) is 0. The molecule has 62 valence electrons. The normalized spacial score (nSPS) is 47.1. The van der Waals surface area contributed by atoms with Gasteiger partial charge in [-0.3, -0.25) is 0 Å².